The Morgan fingerprint density at radius 3 is 2.80 bits per heavy atom. The third-order valence-electron chi connectivity index (χ3n) is 3.18. The molecule has 1 aromatic heterocycles. The molecule has 0 saturated heterocycles. The van der Waals surface area contributed by atoms with Crippen molar-refractivity contribution in [2.75, 3.05) is 13.6 Å². The quantitative estimate of drug-likeness (QED) is 0.887. The smallest absolute Gasteiger partial charge is 0.0802 e. The van der Waals surface area contributed by atoms with E-state index in [0.29, 0.717) is 11.4 Å². The molecule has 0 spiro atoms. The van der Waals surface area contributed by atoms with Gasteiger partial charge >= 0.3 is 0 Å². The van der Waals surface area contributed by atoms with Crippen LogP contribution in [0.2, 0.25) is 5.02 Å². The maximum atomic E-state index is 10.2. The maximum Gasteiger partial charge on any atom is 0.0802 e. The van der Waals surface area contributed by atoms with Crippen LogP contribution in [0.25, 0.3) is 0 Å². The third kappa shape index (κ3) is 4.60. The standard InChI is InChI=1S/C16H19ClN2O/c1-19(12-15-7-2-3-9-18-15)10-8-16(20)13-5-4-6-14(17)11-13/h2-7,9,11,16,20H,8,10,12H2,1H3. The Morgan fingerprint density at radius 1 is 1.25 bits per heavy atom. The zero-order valence-electron chi connectivity index (χ0n) is 11.5. The normalized spacial score (nSPS) is 12.6. The number of halogens is 1. The molecule has 0 aliphatic carbocycles. The molecule has 0 bridgehead atoms. The lowest BCUT2D eigenvalue weighted by molar-refractivity contribution is 0.147. The minimum Gasteiger partial charge on any atom is -0.388 e. The van der Waals surface area contributed by atoms with Crippen LogP contribution in [0.3, 0.4) is 0 Å². The van der Waals surface area contributed by atoms with E-state index in [9.17, 15) is 5.11 Å². The second-order valence-electron chi connectivity index (χ2n) is 4.92. The number of hydrogen-bond acceptors (Lipinski definition) is 3. The highest BCUT2D eigenvalue weighted by molar-refractivity contribution is 6.30. The van der Waals surface area contributed by atoms with Gasteiger partial charge in [-0.1, -0.05) is 29.8 Å². The molecule has 0 saturated carbocycles. The van der Waals surface area contributed by atoms with Crippen LogP contribution in [-0.2, 0) is 6.54 Å². The van der Waals surface area contributed by atoms with Crippen LogP contribution >= 0.6 is 11.6 Å². The average molecular weight is 291 g/mol. The predicted molar refractivity (Wildman–Crippen MR) is 81.6 cm³/mol. The average Bonchev–Trinajstić information content (AvgIpc) is 2.46. The molecule has 1 aromatic carbocycles. The summed E-state index contributed by atoms with van der Waals surface area (Å²) in [6.07, 6.45) is 1.98. The van der Waals surface area contributed by atoms with Gasteiger partial charge in [-0.05, 0) is 43.3 Å². The van der Waals surface area contributed by atoms with E-state index in [-0.39, 0.29) is 0 Å². The molecule has 1 atom stereocenters. The van der Waals surface area contributed by atoms with Crippen molar-refractivity contribution in [3.63, 3.8) is 0 Å². The largest absolute Gasteiger partial charge is 0.388 e. The molecule has 1 unspecified atom stereocenters. The Balaban J connectivity index is 1.82. The number of benzene rings is 1. The number of nitrogens with zero attached hydrogens (tertiary/aromatic N) is 2. The highest BCUT2D eigenvalue weighted by atomic mass is 35.5. The van der Waals surface area contributed by atoms with Gasteiger partial charge in [0.05, 0.1) is 11.8 Å². The zero-order valence-corrected chi connectivity index (χ0v) is 12.3. The molecular formula is C16H19ClN2O. The first kappa shape index (κ1) is 15.0. The molecule has 2 aromatic rings. The molecule has 20 heavy (non-hydrogen) atoms. The fraction of sp³-hybridized carbons (Fsp3) is 0.312. The van der Waals surface area contributed by atoms with E-state index in [4.69, 9.17) is 11.6 Å². The minimum atomic E-state index is -0.486. The summed E-state index contributed by atoms with van der Waals surface area (Å²) in [4.78, 5) is 6.44. The molecule has 4 heteroatoms. The zero-order chi connectivity index (χ0) is 14.4. The van der Waals surface area contributed by atoms with Gasteiger partial charge in [0.2, 0.25) is 0 Å². The van der Waals surface area contributed by atoms with Crippen molar-refractivity contribution in [1.82, 2.24) is 9.88 Å². The molecule has 0 amide bonds. The van der Waals surface area contributed by atoms with E-state index in [1.165, 1.54) is 0 Å². The van der Waals surface area contributed by atoms with Crippen molar-refractivity contribution in [1.29, 1.82) is 0 Å². The fourth-order valence-corrected chi connectivity index (χ4v) is 2.27. The number of rotatable bonds is 6. The Bertz CT molecular complexity index is 533. The van der Waals surface area contributed by atoms with Crippen LogP contribution in [0.15, 0.2) is 48.7 Å². The van der Waals surface area contributed by atoms with Gasteiger partial charge in [0.15, 0.2) is 0 Å². The summed E-state index contributed by atoms with van der Waals surface area (Å²) in [5, 5.41) is 10.8. The minimum absolute atomic E-state index is 0.486. The van der Waals surface area contributed by atoms with Crippen LogP contribution in [0.1, 0.15) is 23.8 Å². The predicted octanol–water partition coefficient (Wildman–Crippen LogP) is 3.29. The fourth-order valence-electron chi connectivity index (χ4n) is 2.07. The lowest BCUT2D eigenvalue weighted by Gasteiger charge is -2.18. The number of hydrogen-bond donors (Lipinski definition) is 1. The molecule has 2 rings (SSSR count). The first-order chi connectivity index (χ1) is 9.65. The van der Waals surface area contributed by atoms with E-state index in [2.05, 4.69) is 9.88 Å². The van der Waals surface area contributed by atoms with Gasteiger partial charge in [-0.25, -0.2) is 0 Å². The summed E-state index contributed by atoms with van der Waals surface area (Å²) in [5.74, 6) is 0. The van der Waals surface area contributed by atoms with Crippen LogP contribution in [0.5, 0.6) is 0 Å². The molecule has 0 aliphatic rings. The third-order valence-corrected chi connectivity index (χ3v) is 3.41. The highest BCUT2D eigenvalue weighted by Crippen LogP contribution is 2.20. The molecule has 0 aliphatic heterocycles. The van der Waals surface area contributed by atoms with Gasteiger partial charge < -0.3 is 10.0 Å². The molecule has 0 fully saturated rings. The molecule has 106 valence electrons. The van der Waals surface area contributed by atoms with Gasteiger partial charge in [0.1, 0.15) is 0 Å². The summed E-state index contributed by atoms with van der Waals surface area (Å²) in [7, 11) is 2.03. The van der Waals surface area contributed by atoms with E-state index >= 15 is 0 Å². The van der Waals surface area contributed by atoms with Crippen molar-refractivity contribution in [3.8, 4) is 0 Å². The van der Waals surface area contributed by atoms with Gasteiger partial charge in [-0.15, -0.1) is 0 Å². The molecule has 1 N–H and O–H groups in total. The van der Waals surface area contributed by atoms with Crippen LogP contribution in [0.4, 0.5) is 0 Å². The van der Waals surface area contributed by atoms with Crippen LogP contribution in [0, 0.1) is 0 Å². The summed E-state index contributed by atoms with van der Waals surface area (Å²) in [6, 6.07) is 13.3. The van der Waals surface area contributed by atoms with Crippen molar-refractivity contribution >= 4 is 11.6 Å². The molecule has 0 radical (unpaired) electrons. The van der Waals surface area contributed by atoms with E-state index < -0.39 is 6.10 Å². The number of pyridine rings is 1. The van der Waals surface area contributed by atoms with E-state index in [1.54, 1.807) is 6.20 Å². The maximum absolute atomic E-state index is 10.2. The van der Waals surface area contributed by atoms with Crippen molar-refractivity contribution < 1.29 is 5.11 Å². The number of aliphatic hydroxyl groups excluding tert-OH is 1. The Labute approximate surface area is 124 Å². The summed E-state index contributed by atoms with van der Waals surface area (Å²) in [6.45, 7) is 1.58. The van der Waals surface area contributed by atoms with E-state index in [1.807, 2.05) is 49.5 Å². The molecular weight excluding hydrogens is 272 g/mol. The second kappa shape index (κ2) is 7.39. The first-order valence-corrected chi connectivity index (χ1v) is 7.05. The summed E-state index contributed by atoms with van der Waals surface area (Å²) in [5.41, 5.74) is 1.90. The first-order valence-electron chi connectivity index (χ1n) is 6.67. The molecule has 1 heterocycles. The Kier molecular flexibility index (Phi) is 5.53. The topological polar surface area (TPSA) is 36.4 Å². The van der Waals surface area contributed by atoms with Crippen molar-refractivity contribution in [2.24, 2.45) is 0 Å². The van der Waals surface area contributed by atoms with Gasteiger partial charge in [-0.3, -0.25) is 4.98 Å². The highest BCUT2D eigenvalue weighted by Gasteiger charge is 2.09. The second-order valence-corrected chi connectivity index (χ2v) is 5.35. The van der Waals surface area contributed by atoms with Gasteiger partial charge in [0.25, 0.3) is 0 Å². The van der Waals surface area contributed by atoms with Gasteiger partial charge in [-0.2, -0.15) is 0 Å². The number of aromatic nitrogens is 1. The van der Waals surface area contributed by atoms with Crippen LogP contribution < -0.4 is 0 Å². The van der Waals surface area contributed by atoms with Crippen molar-refractivity contribution in [2.45, 2.75) is 19.1 Å². The Morgan fingerprint density at radius 2 is 2.10 bits per heavy atom. The Hall–Kier alpha value is -1.42. The monoisotopic (exact) mass is 290 g/mol. The summed E-state index contributed by atoms with van der Waals surface area (Å²) >= 11 is 5.93. The van der Waals surface area contributed by atoms with Gasteiger partial charge in [0, 0.05) is 24.3 Å². The van der Waals surface area contributed by atoms with Crippen molar-refractivity contribution in [3.05, 3.63) is 64.9 Å². The molecule has 3 nitrogen and oxygen atoms in total. The summed E-state index contributed by atoms with van der Waals surface area (Å²) < 4.78 is 0. The van der Waals surface area contributed by atoms with E-state index in [0.717, 1.165) is 24.3 Å². The lowest BCUT2D eigenvalue weighted by Crippen LogP contribution is -2.21. The SMILES string of the molecule is CN(CCC(O)c1cccc(Cl)c1)Cc1ccccn1. The lowest BCUT2D eigenvalue weighted by atomic mass is 10.1. The van der Waals surface area contributed by atoms with Crippen LogP contribution in [-0.4, -0.2) is 28.6 Å². The number of aliphatic hydroxyl groups is 1.